The molecule has 5 rings (SSSR count). The van der Waals surface area contributed by atoms with Crippen LogP contribution in [-0.2, 0) is 9.53 Å². The van der Waals surface area contributed by atoms with Gasteiger partial charge in [0.05, 0.1) is 22.6 Å². The highest BCUT2D eigenvalue weighted by Gasteiger charge is 2.34. The molecule has 174 valence electrons. The first-order valence-electron chi connectivity index (χ1n) is 10.8. The van der Waals surface area contributed by atoms with Gasteiger partial charge in [0.15, 0.2) is 0 Å². The first kappa shape index (κ1) is 23.5. The van der Waals surface area contributed by atoms with E-state index in [-0.39, 0.29) is 12.0 Å². The van der Waals surface area contributed by atoms with Crippen LogP contribution in [0.15, 0.2) is 47.4 Å². The summed E-state index contributed by atoms with van der Waals surface area (Å²) in [6, 6.07) is 12.9. The first-order chi connectivity index (χ1) is 16.4. The van der Waals surface area contributed by atoms with Crippen molar-refractivity contribution in [1.29, 1.82) is 0 Å². The average molecular weight is 530 g/mol. The Labute approximate surface area is 215 Å². The number of fused-ring (bicyclic) bond motifs is 1. The fraction of sp³-hybridized carbons (Fsp3) is 0.240. The molecule has 0 aliphatic carbocycles. The minimum atomic E-state index is -0.494. The van der Waals surface area contributed by atoms with Gasteiger partial charge in [-0.2, -0.15) is 0 Å². The quantitative estimate of drug-likeness (QED) is 0.163. The number of thiocarbonyl (C=S) groups is 1. The maximum absolute atomic E-state index is 12.8. The number of carbonyl (C=O) groups is 2. The molecular weight excluding hydrogens is 510 g/mol. The van der Waals surface area contributed by atoms with E-state index in [1.807, 2.05) is 25.1 Å². The van der Waals surface area contributed by atoms with Crippen molar-refractivity contribution < 1.29 is 19.1 Å². The second-order valence-corrected chi connectivity index (χ2v) is 11.2. The van der Waals surface area contributed by atoms with Crippen molar-refractivity contribution in [2.75, 3.05) is 13.2 Å². The highest BCUT2D eigenvalue weighted by molar-refractivity contribution is 8.26. The second kappa shape index (κ2) is 9.79. The monoisotopic (exact) mass is 529 g/mol. The zero-order chi connectivity index (χ0) is 23.8. The molecule has 34 heavy (non-hydrogen) atoms. The number of hydrogen-bond donors (Lipinski definition) is 0. The Balaban J connectivity index is 1.27. The Bertz CT molecular complexity index is 1330. The van der Waals surface area contributed by atoms with E-state index in [2.05, 4.69) is 0 Å². The number of esters is 1. The molecule has 3 aromatic rings. The van der Waals surface area contributed by atoms with Crippen molar-refractivity contribution in [3.8, 4) is 5.75 Å². The van der Waals surface area contributed by atoms with Gasteiger partial charge in [0.1, 0.15) is 14.9 Å². The number of hydrogen-bond acceptors (Lipinski definition) is 7. The normalized spacial score (nSPS) is 19.5. The second-order valence-electron chi connectivity index (χ2n) is 8.13. The molecule has 5 nitrogen and oxygen atoms in total. The summed E-state index contributed by atoms with van der Waals surface area (Å²) in [5, 5.41) is 1.25. The lowest BCUT2D eigenvalue weighted by molar-refractivity contribution is -0.123. The molecule has 1 atom stereocenters. The maximum atomic E-state index is 12.8. The zero-order valence-electron chi connectivity index (χ0n) is 18.2. The van der Waals surface area contributed by atoms with E-state index >= 15 is 0 Å². The van der Waals surface area contributed by atoms with E-state index in [1.165, 1.54) is 23.1 Å². The highest BCUT2D eigenvalue weighted by atomic mass is 35.5. The minimum absolute atomic E-state index is 0.0503. The van der Waals surface area contributed by atoms with E-state index in [9.17, 15) is 9.59 Å². The van der Waals surface area contributed by atoms with Crippen LogP contribution in [0.2, 0.25) is 5.02 Å². The van der Waals surface area contributed by atoms with E-state index < -0.39 is 5.97 Å². The van der Waals surface area contributed by atoms with Crippen molar-refractivity contribution in [3.05, 3.63) is 68.4 Å². The molecule has 2 aliphatic rings. The predicted molar refractivity (Wildman–Crippen MR) is 142 cm³/mol. The number of carbonyl (C=O) groups excluding carboxylic acids is 2. The third-order valence-electron chi connectivity index (χ3n) is 5.64. The Hall–Kier alpha value is -2.23. The van der Waals surface area contributed by atoms with E-state index in [0.29, 0.717) is 31.4 Å². The van der Waals surface area contributed by atoms with Gasteiger partial charge in [0.25, 0.3) is 5.91 Å². The molecule has 0 N–H and O–H groups in total. The summed E-state index contributed by atoms with van der Waals surface area (Å²) in [5.74, 6) is -0.194. The van der Waals surface area contributed by atoms with E-state index in [4.69, 9.17) is 33.3 Å². The minimum Gasteiger partial charge on any atom is -0.422 e. The van der Waals surface area contributed by atoms with Crippen LogP contribution < -0.4 is 4.74 Å². The van der Waals surface area contributed by atoms with Crippen LogP contribution in [-0.4, -0.2) is 40.4 Å². The highest BCUT2D eigenvalue weighted by Crippen LogP contribution is 2.37. The number of ether oxygens (including phenoxy) is 2. The van der Waals surface area contributed by atoms with E-state index in [0.717, 1.165) is 40.7 Å². The average Bonchev–Trinajstić information content (AvgIpc) is 3.51. The van der Waals surface area contributed by atoms with Crippen LogP contribution in [0.3, 0.4) is 0 Å². The molecular formula is C25H20ClNO4S3. The molecule has 9 heteroatoms. The molecule has 0 saturated carbocycles. The smallest absolute Gasteiger partial charge is 0.355 e. The lowest BCUT2D eigenvalue weighted by Crippen LogP contribution is -2.35. The molecule has 1 aromatic heterocycles. The molecule has 0 radical (unpaired) electrons. The molecule has 2 saturated heterocycles. The van der Waals surface area contributed by atoms with Gasteiger partial charge in [0.2, 0.25) is 0 Å². The Morgan fingerprint density at radius 1 is 1.29 bits per heavy atom. The fourth-order valence-electron chi connectivity index (χ4n) is 3.89. The number of thiophene rings is 1. The summed E-state index contributed by atoms with van der Waals surface area (Å²) in [7, 11) is 0. The number of amides is 1. The van der Waals surface area contributed by atoms with Gasteiger partial charge in [-0.25, -0.2) is 4.79 Å². The van der Waals surface area contributed by atoms with Crippen LogP contribution in [0.4, 0.5) is 0 Å². The Kier molecular flexibility index (Phi) is 6.77. The van der Waals surface area contributed by atoms with Crippen LogP contribution in [0, 0.1) is 6.92 Å². The number of thioether (sulfide) groups is 1. The summed E-state index contributed by atoms with van der Waals surface area (Å²) in [4.78, 5) is 28.1. The van der Waals surface area contributed by atoms with Crippen LogP contribution in [0.5, 0.6) is 5.75 Å². The summed E-state index contributed by atoms with van der Waals surface area (Å²) in [6.45, 7) is 3.23. The topological polar surface area (TPSA) is 55.8 Å². The molecule has 1 amide bonds. The lowest BCUT2D eigenvalue weighted by atomic mass is 10.2. The molecule has 2 aromatic carbocycles. The number of nitrogens with zero attached hydrogens (tertiary/aromatic N) is 1. The van der Waals surface area contributed by atoms with Crippen molar-refractivity contribution in [2.24, 2.45) is 0 Å². The fourth-order valence-corrected chi connectivity index (χ4v) is 6.65. The van der Waals surface area contributed by atoms with Gasteiger partial charge in [-0.1, -0.05) is 59.8 Å². The first-order valence-corrected chi connectivity index (χ1v) is 13.2. The summed E-state index contributed by atoms with van der Waals surface area (Å²) < 4.78 is 12.7. The SMILES string of the molecule is Cc1ccc2c(Cl)c(C(=O)Oc3ccc(/C=C4\SC(=S)N(C[C@H]5CCCO5)C4=O)cc3)sc2c1. The Morgan fingerprint density at radius 3 is 2.82 bits per heavy atom. The third-order valence-corrected chi connectivity index (χ3v) is 8.66. The van der Waals surface area contributed by atoms with Crippen LogP contribution >= 0.6 is 46.9 Å². The molecule has 0 unspecified atom stereocenters. The summed E-state index contributed by atoms with van der Waals surface area (Å²) in [6.07, 6.45) is 3.81. The van der Waals surface area contributed by atoms with Crippen molar-refractivity contribution in [1.82, 2.24) is 4.90 Å². The number of rotatable bonds is 5. The van der Waals surface area contributed by atoms with Crippen LogP contribution in [0.1, 0.15) is 33.6 Å². The van der Waals surface area contributed by atoms with Gasteiger partial charge >= 0.3 is 5.97 Å². The zero-order valence-corrected chi connectivity index (χ0v) is 21.4. The van der Waals surface area contributed by atoms with Crippen molar-refractivity contribution in [3.63, 3.8) is 0 Å². The Morgan fingerprint density at radius 2 is 2.09 bits per heavy atom. The van der Waals surface area contributed by atoms with Gasteiger partial charge < -0.3 is 9.47 Å². The maximum Gasteiger partial charge on any atom is 0.355 e. The standard InChI is InChI=1S/C25H20ClNO4S3/c1-14-4-9-18-19(11-14)33-22(21(18)26)24(29)31-16-7-5-15(6-8-16)12-20-23(28)27(25(32)34-20)13-17-3-2-10-30-17/h4-9,11-12,17H,2-3,10,13H2,1H3/b20-12-/t17-/m1/s1. The van der Waals surface area contributed by atoms with Gasteiger partial charge in [0, 0.05) is 16.7 Å². The summed E-state index contributed by atoms with van der Waals surface area (Å²) >= 11 is 14.4. The number of aryl methyl sites for hydroxylation is 1. The molecule has 0 bridgehead atoms. The molecule has 2 fully saturated rings. The van der Waals surface area contributed by atoms with Crippen LogP contribution in [0.25, 0.3) is 16.2 Å². The summed E-state index contributed by atoms with van der Waals surface area (Å²) in [5.41, 5.74) is 1.91. The largest absolute Gasteiger partial charge is 0.422 e. The van der Waals surface area contributed by atoms with Gasteiger partial charge in [-0.3, -0.25) is 9.69 Å². The number of benzene rings is 2. The molecule has 3 heterocycles. The van der Waals surface area contributed by atoms with Gasteiger partial charge in [-0.05, 0) is 55.2 Å². The lowest BCUT2D eigenvalue weighted by Gasteiger charge is -2.18. The van der Waals surface area contributed by atoms with Crippen molar-refractivity contribution >= 4 is 79.3 Å². The van der Waals surface area contributed by atoms with Gasteiger partial charge in [-0.15, -0.1) is 11.3 Å². The molecule has 0 spiro atoms. The number of halogens is 1. The third kappa shape index (κ3) is 4.78. The van der Waals surface area contributed by atoms with Crippen molar-refractivity contribution in [2.45, 2.75) is 25.9 Å². The molecule has 2 aliphatic heterocycles. The van der Waals surface area contributed by atoms with E-state index in [1.54, 1.807) is 35.2 Å². The predicted octanol–water partition coefficient (Wildman–Crippen LogP) is 6.46.